The Morgan fingerprint density at radius 1 is 1.10 bits per heavy atom. The number of rotatable bonds is 4. The van der Waals surface area contributed by atoms with Crippen molar-refractivity contribution in [2.45, 2.75) is 56.5 Å². The number of nitrogens with zero attached hydrogens (tertiary/aromatic N) is 2. The van der Waals surface area contributed by atoms with Crippen LogP contribution < -0.4 is 0 Å². The molecule has 3 saturated heterocycles. The van der Waals surface area contributed by atoms with Crippen molar-refractivity contribution in [2.24, 2.45) is 0 Å². The number of fused-ring (bicyclic) bond motifs is 1. The molecule has 9 heteroatoms. The van der Waals surface area contributed by atoms with E-state index in [4.69, 9.17) is 14.6 Å². The quantitative estimate of drug-likeness (QED) is 0.799. The van der Waals surface area contributed by atoms with Gasteiger partial charge in [0, 0.05) is 38.6 Å². The molecule has 0 aromatic heterocycles. The molecule has 30 heavy (non-hydrogen) atoms. The second-order valence-corrected chi connectivity index (χ2v) is 7.86. The molecule has 0 radical (unpaired) electrons. The van der Waals surface area contributed by atoms with Crippen LogP contribution in [0.5, 0.6) is 0 Å². The Labute approximate surface area is 173 Å². The number of hydrogen-bond acceptors (Lipinski definition) is 4. The zero-order chi connectivity index (χ0) is 21.7. The smallest absolute Gasteiger partial charge is 0.475 e. The molecule has 3 heterocycles. The molecular weight excluding hydrogens is 401 g/mol. The van der Waals surface area contributed by atoms with Gasteiger partial charge in [-0.05, 0) is 31.2 Å². The van der Waals surface area contributed by atoms with Crippen molar-refractivity contribution >= 4 is 11.9 Å². The minimum Gasteiger partial charge on any atom is -0.475 e. The SMILES string of the molecule is O=C(O)C(F)(F)F.O=C([C@H]1C[C@H]2[C@H](CCN2CCc2ccccc2)O1)N1CCCC1. The number of likely N-dealkylation sites (tertiary alicyclic amines) is 2. The van der Waals surface area contributed by atoms with Gasteiger partial charge in [-0.25, -0.2) is 4.79 Å². The molecule has 1 aromatic rings. The van der Waals surface area contributed by atoms with Crippen LogP contribution in [0.2, 0.25) is 0 Å². The molecule has 0 aliphatic carbocycles. The number of hydrogen-bond donors (Lipinski definition) is 1. The van der Waals surface area contributed by atoms with E-state index < -0.39 is 12.1 Å². The lowest BCUT2D eigenvalue weighted by atomic mass is 10.1. The lowest BCUT2D eigenvalue weighted by Gasteiger charge is -2.23. The maximum absolute atomic E-state index is 12.5. The van der Waals surface area contributed by atoms with Crippen molar-refractivity contribution < 1.29 is 32.6 Å². The average Bonchev–Trinajstić information content (AvgIpc) is 3.44. The number of carboxylic acid groups (broad SMARTS) is 1. The molecule has 4 rings (SSSR count). The Hall–Kier alpha value is -2.13. The van der Waals surface area contributed by atoms with Crippen LogP contribution in [0.4, 0.5) is 13.2 Å². The second-order valence-electron chi connectivity index (χ2n) is 7.86. The Kier molecular flexibility index (Phi) is 7.36. The standard InChI is InChI=1S/C19H26N2O2.C2HF3O2/c22-19(21-10-4-5-11-21)18-14-16-17(23-18)9-13-20(16)12-8-15-6-2-1-3-7-15;3-2(4,5)1(6)7/h1-3,6-7,16-18H,4-5,8-14H2;(H,6,7)/t16-,17-,18+;/m0./s1. The van der Waals surface area contributed by atoms with Gasteiger partial charge in [-0.2, -0.15) is 13.2 Å². The summed E-state index contributed by atoms with van der Waals surface area (Å²) in [5, 5.41) is 7.12. The topological polar surface area (TPSA) is 70.1 Å². The Morgan fingerprint density at radius 2 is 1.73 bits per heavy atom. The minimum atomic E-state index is -5.08. The Bertz CT molecular complexity index is 723. The number of carbonyl (C=O) groups excluding carboxylic acids is 1. The third-order valence-corrected chi connectivity index (χ3v) is 5.86. The first-order valence-corrected chi connectivity index (χ1v) is 10.3. The molecule has 3 aliphatic rings. The van der Waals surface area contributed by atoms with E-state index in [0.29, 0.717) is 6.04 Å². The van der Waals surface area contributed by atoms with E-state index in [2.05, 4.69) is 35.2 Å². The predicted molar refractivity (Wildman–Crippen MR) is 103 cm³/mol. The van der Waals surface area contributed by atoms with Crippen molar-refractivity contribution in [3.05, 3.63) is 35.9 Å². The zero-order valence-electron chi connectivity index (χ0n) is 16.7. The first-order valence-electron chi connectivity index (χ1n) is 10.3. The number of aliphatic carboxylic acids is 1. The normalized spacial score (nSPS) is 26.2. The van der Waals surface area contributed by atoms with E-state index in [1.54, 1.807) is 0 Å². The van der Waals surface area contributed by atoms with Crippen LogP contribution in [-0.2, 0) is 20.7 Å². The summed E-state index contributed by atoms with van der Waals surface area (Å²) >= 11 is 0. The third-order valence-electron chi connectivity index (χ3n) is 5.86. The van der Waals surface area contributed by atoms with E-state index in [1.807, 2.05) is 4.90 Å². The van der Waals surface area contributed by atoms with Crippen LogP contribution in [0, 0.1) is 0 Å². The highest BCUT2D eigenvalue weighted by Gasteiger charge is 2.46. The van der Waals surface area contributed by atoms with E-state index >= 15 is 0 Å². The number of carbonyl (C=O) groups is 2. The molecule has 0 bridgehead atoms. The molecule has 3 aliphatic heterocycles. The van der Waals surface area contributed by atoms with Gasteiger partial charge in [0.1, 0.15) is 6.10 Å². The minimum absolute atomic E-state index is 0.192. The van der Waals surface area contributed by atoms with Gasteiger partial charge in [-0.1, -0.05) is 30.3 Å². The third kappa shape index (κ3) is 5.72. The lowest BCUT2D eigenvalue weighted by Crippen LogP contribution is -2.38. The van der Waals surface area contributed by atoms with Gasteiger partial charge in [0.15, 0.2) is 0 Å². The number of halogens is 3. The number of amides is 1. The van der Waals surface area contributed by atoms with Gasteiger partial charge in [0.25, 0.3) is 5.91 Å². The second kappa shape index (κ2) is 9.78. The van der Waals surface area contributed by atoms with Crippen molar-refractivity contribution in [1.82, 2.24) is 9.80 Å². The molecule has 6 nitrogen and oxygen atoms in total. The molecule has 0 saturated carbocycles. The van der Waals surface area contributed by atoms with Crippen LogP contribution in [0.15, 0.2) is 30.3 Å². The van der Waals surface area contributed by atoms with E-state index in [0.717, 1.165) is 58.3 Å². The van der Waals surface area contributed by atoms with Gasteiger partial charge < -0.3 is 14.7 Å². The summed E-state index contributed by atoms with van der Waals surface area (Å²) in [4.78, 5) is 26.0. The fourth-order valence-electron chi connectivity index (χ4n) is 4.33. The molecular formula is C21H27F3N2O4. The number of ether oxygens (including phenoxy) is 1. The van der Waals surface area contributed by atoms with E-state index in [1.165, 1.54) is 5.56 Å². The van der Waals surface area contributed by atoms with Gasteiger partial charge >= 0.3 is 12.1 Å². The first-order chi connectivity index (χ1) is 14.3. The maximum Gasteiger partial charge on any atom is 0.490 e. The van der Waals surface area contributed by atoms with Crippen molar-refractivity contribution in [2.75, 3.05) is 26.2 Å². The highest BCUT2D eigenvalue weighted by atomic mass is 19.4. The van der Waals surface area contributed by atoms with E-state index in [-0.39, 0.29) is 18.1 Å². The van der Waals surface area contributed by atoms with Gasteiger partial charge in [0.2, 0.25) is 0 Å². The molecule has 3 atom stereocenters. The summed E-state index contributed by atoms with van der Waals surface area (Å²) in [6.07, 6.45) is 0.320. The molecule has 1 N–H and O–H groups in total. The predicted octanol–water partition coefficient (Wildman–Crippen LogP) is 2.72. The molecule has 166 valence electrons. The summed E-state index contributed by atoms with van der Waals surface area (Å²) in [7, 11) is 0. The van der Waals surface area contributed by atoms with Crippen LogP contribution in [0.1, 0.15) is 31.2 Å². The van der Waals surface area contributed by atoms with Gasteiger partial charge in [-0.15, -0.1) is 0 Å². The zero-order valence-corrected chi connectivity index (χ0v) is 16.7. The maximum atomic E-state index is 12.5. The molecule has 0 unspecified atom stereocenters. The summed E-state index contributed by atoms with van der Waals surface area (Å²) in [6.45, 7) is 4.02. The van der Waals surface area contributed by atoms with Crippen molar-refractivity contribution in [1.29, 1.82) is 0 Å². The first kappa shape index (κ1) is 22.6. The fraction of sp³-hybridized carbons (Fsp3) is 0.619. The van der Waals surface area contributed by atoms with Crippen LogP contribution in [0.25, 0.3) is 0 Å². The van der Waals surface area contributed by atoms with Crippen molar-refractivity contribution in [3.63, 3.8) is 0 Å². The van der Waals surface area contributed by atoms with Crippen LogP contribution >= 0.6 is 0 Å². The van der Waals surface area contributed by atoms with Crippen LogP contribution in [-0.4, -0.2) is 77.4 Å². The fourth-order valence-corrected chi connectivity index (χ4v) is 4.33. The lowest BCUT2D eigenvalue weighted by molar-refractivity contribution is -0.192. The molecule has 1 aromatic carbocycles. The summed E-state index contributed by atoms with van der Waals surface area (Å²) < 4.78 is 37.8. The molecule has 1 amide bonds. The molecule has 0 spiro atoms. The highest BCUT2D eigenvalue weighted by molar-refractivity contribution is 5.81. The summed E-state index contributed by atoms with van der Waals surface area (Å²) in [6, 6.07) is 11.1. The highest BCUT2D eigenvalue weighted by Crippen LogP contribution is 2.34. The van der Waals surface area contributed by atoms with Crippen molar-refractivity contribution in [3.8, 4) is 0 Å². The summed E-state index contributed by atoms with van der Waals surface area (Å²) in [5.74, 6) is -2.52. The van der Waals surface area contributed by atoms with Crippen LogP contribution in [0.3, 0.4) is 0 Å². The van der Waals surface area contributed by atoms with E-state index in [9.17, 15) is 18.0 Å². The largest absolute Gasteiger partial charge is 0.490 e. The Balaban J connectivity index is 0.000000318. The van der Waals surface area contributed by atoms with Gasteiger partial charge in [0.05, 0.1) is 6.10 Å². The molecule has 3 fully saturated rings. The number of carboxylic acids is 1. The number of benzene rings is 1. The summed E-state index contributed by atoms with van der Waals surface area (Å²) in [5.41, 5.74) is 1.39. The number of alkyl halides is 3. The van der Waals surface area contributed by atoms with Gasteiger partial charge in [-0.3, -0.25) is 9.69 Å². The monoisotopic (exact) mass is 428 g/mol. The average molecular weight is 428 g/mol. The Morgan fingerprint density at radius 3 is 2.33 bits per heavy atom.